The molecule has 1 N–H and O–H groups in total. The maximum Gasteiger partial charge on any atom is 0.414 e. The van der Waals surface area contributed by atoms with Gasteiger partial charge in [0.1, 0.15) is 10.3 Å². The lowest BCUT2D eigenvalue weighted by molar-refractivity contribution is 0.181. The lowest BCUT2D eigenvalue weighted by Crippen LogP contribution is -2.23. The third-order valence-electron chi connectivity index (χ3n) is 2.57. The van der Waals surface area contributed by atoms with Gasteiger partial charge in [0.2, 0.25) is 0 Å². The zero-order valence-corrected chi connectivity index (χ0v) is 10.4. The first-order valence-corrected chi connectivity index (χ1v) is 5.91. The van der Waals surface area contributed by atoms with Crippen molar-refractivity contribution in [3.63, 3.8) is 0 Å². The fraction of sp³-hybridized carbons (Fsp3) is 0.200. The molecule has 0 radical (unpaired) electrons. The molecule has 1 fully saturated rings. The zero-order chi connectivity index (χ0) is 11.1. The van der Waals surface area contributed by atoms with Crippen LogP contribution in [0.25, 0.3) is 10.9 Å². The van der Waals surface area contributed by atoms with E-state index < -0.39 is 0 Å². The second kappa shape index (κ2) is 3.62. The van der Waals surface area contributed by atoms with E-state index in [1.165, 1.54) is 0 Å². The van der Waals surface area contributed by atoms with E-state index in [4.69, 9.17) is 4.74 Å². The molecular weight excluding hydrogens is 321 g/mol. The number of H-pyrrole nitrogens is 1. The first-order valence-electron chi connectivity index (χ1n) is 4.83. The molecule has 2 heterocycles. The number of ether oxygens (including phenoxy) is 1. The smallest absolute Gasteiger partial charge is 0.414 e. The summed E-state index contributed by atoms with van der Waals surface area (Å²) in [7, 11) is 0. The predicted molar refractivity (Wildman–Crippen MR) is 67.5 cm³/mol. The van der Waals surface area contributed by atoms with Crippen LogP contribution in [0.5, 0.6) is 0 Å². The van der Waals surface area contributed by atoms with Crippen LogP contribution in [-0.4, -0.2) is 29.4 Å². The summed E-state index contributed by atoms with van der Waals surface area (Å²) in [5.74, 6) is 0. The maximum absolute atomic E-state index is 11.4. The van der Waals surface area contributed by atoms with Crippen LogP contribution in [0.4, 0.5) is 10.5 Å². The summed E-state index contributed by atoms with van der Waals surface area (Å²) in [4.78, 5) is 13.0. The summed E-state index contributed by atoms with van der Waals surface area (Å²) in [6, 6.07) is 5.77. The van der Waals surface area contributed by atoms with Crippen molar-refractivity contribution < 1.29 is 9.53 Å². The highest BCUT2D eigenvalue weighted by molar-refractivity contribution is 14.1. The van der Waals surface area contributed by atoms with Crippen LogP contribution in [-0.2, 0) is 4.74 Å². The van der Waals surface area contributed by atoms with Crippen molar-refractivity contribution in [3.8, 4) is 0 Å². The quantitative estimate of drug-likeness (QED) is 0.816. The Morgan fingerprint density at radius 1 is 1.50 bits per heavy atom. The minimum Gasteiger partial charge on any atom is -0.447 e. The normalized spacial score (nSPS) is 15.8. The van der Waals surface area contributed by atoms with E-state index >= 15 is 0 Å². The summed E-state index contributed by atoms with van der Waals surface area (Å²) in [6.07, 6.45) is -0.280. The molecule has 1 aromatic carbocycles. The Hall–Kier alpha value is -1.31. The number of benzene rings is 1. The van der Waals surface area contributed by atoms with Gasteiger partial charge in [0.15, 0.2) is 0 Å². The number of nitrogens with zero attached hydrogens (tertiary/aromatic N) is 2. The third-order valence-corrected chi connectivity index (χ3v) is 3.39. The van der Waals surface area contributed by atoms with Crippen LogP contribution in [0.3, 0.4) is 0 Å². The van der Waals surface area contributed by atoms with Crippen molar-refractivity contribution in [1.29, 1.82) is 0 Å². The lowest BCUT2D eigenvalue weighted by Gasteiger charge is -2.12. The summed E-state index contributed by atoms with van der Waals surface area (Å²) in [5, 5.41) is 8.06. The largest absolute Gasteiger partial charge is 0.447 e. The van der Waals surface area contributed by atoms with Gasteiger partial charge in [-0.2, -0.15) is 5.10 Å². The number of carbonyl (C=O) groups excluding carboxylic acids is 1. The Labute approximate surface area is 105 Å². The highest BCUT2D eigenvalue weighted by Crippen LogP contribution is 2.25. The molecule has 1 aliphatic heterocycles. The van der Waals surface area contributed by atoms with E-state index in [0.29, 0.717) is 13.2 Å². The molecule has 16 heavy (non-hydrogen) atoms. The number of aromatic nitrogens is 2. The number of hydrogen-bond donors (Lipinski definition) is 1. The number of hydrogen-bond acceptors (Lipinski definition) is 3. The molecule has 1 amide bonds. The van der Waals surface area contributed by atoms with Gasteiger partial charge in [-0.3, -0.25) is 10.00 Å². The number of anilines is 1. The van der Waals surface area contributed by atoms with E-state index in [1.807, 2.05) is 18.2 Å². The molecule has 2 aromatic rings. The standard InChI is InChI=1S/C10H8IN3O2/c11-9-7-5-6(1-2-8(7)12-13-9)14-3-4-16-10(14)15/h1-2,5H,3-4H2,(H,12,13). The van der Waals surface area contributed by atoms with E-state index in [-0.39, 0.29) is 6.09 Å². The number of nitrogens with one attached hydrogen (secondary N) is 1. The fourth-order valence-electron chi connectivity index (χ4n) is 1.77. The van der Waals surface area contributed by atoms with E-state index in [2.05, 4.69) is 32.8 Å². The van der Waals surface area contributed by atoms with Gasteiger partial charge in [-0.05, 0) is 40.8 Å². The Balaban J connectivity index is 2.10. The molecule has 82 valence electrons. The first-order chi connectivity index (χ1) is 7.75. The Morgan fingerprint density at radius 3 is 3.12 bits per heavy atom. The Kier molecular flexibility index (Phi) is 2.23. The molecule has 0 saturated carbocycles. The predicted octanol–water partition coefficient (Wildman–Crippen LogP) is 2.12. The SMILES string of the molecule is O=C1OCCN1c1ccc2[nH]nc(I)c2c1. The molecule has 6 heteroatoms. The highest BCUT2D eigenvalue weighted by Gasteiger charge is 2.23. The van der Waals surface area contributed by atoms with Crippen molar-refractivity contribution in [2.45, 2.75) is 0 Å². The molecule has 3 rings (SSSR count). The monoisotopic (exact) mass is 329 g/mol. The van der Waals surface area contributed by atoms with Gasteiger partial charge >= 0.3 is 6.09 Å². The van der Waals surface area contributed by atoms with E-state index in [0.717, 1.165) is 20.3 Å². The summed E-state index contributed by atoms with van der Waals surface area (Å²) in [6.45, 7) is 1.07. The van der Waals surface area contributed by atoms with Gasteiger partial charge in [-0.1, -0.05) is 0 Å². The number of amides is 1. The van der Waals surface area contributed by atoms with Gasteiger partial charge in [0, 0.05) is 11.1 Å². The van der Waals surface area contributed by atoms with E-state index in [9.17, 15) is 4.79 Å². The van der Waals surface area contributed by atoms with Gasteiger partial charge in [-0.15, -0.1) is 0 Å². The third kappa shape index (κ3) is 1.44. The Bertz CT molecular complexity index is 566. The number of aromatic amines is 1. The molecular formula is C10H8IN3O2. The molecule has 1 aliphatic rings. The molecule has 1 aromatic heterocycles. The molecule has 0 aliphatic carbocycles. The van der Waals surface area contributed by atoms with Crippen molar-refractivity contribution in [2.24, 2.45) is 0 Å². The highest BCUT2D eigenvalue weighted by atomic mass is 127. The number of cyclic esters (lactones) is 1. The lowest BCUT2D eigenvalue weighted by atomic mass is 10.2. The van der Waals surface area contributed by atoms with Gasteiger partial charge in [0.05, 0.1) is 12.1 Å². The Morgan fingerprint density at radius 2 is 2.38 bits per heavy atom. The van der Waals surface area contributed by atoms with Crippen molar-refractivity contribution in [1.82, 2.24) is 10.2 Å². The second-order valence-electron chi connectivity index (χ2n) is 3.51. The molecule has 0 unspecified atom stereocenters. The average molecular weight is 329 g/mol. The van der Waals surface area contributed by atoms with Crippen LogP contribution in [0, 0.1) is 3.70 Å². The zero-order valence-electron chi connectivity index (χ0n) is 8.24. The minimum atomic E-state index is -0.280. The molecule has 5 nitrogen and oxygen atoms in total. The fourth-order valence-corrected chi connectivity index (χ4v) is 2.33. The summed E-state index contributed by atoms with van der Waals surface area (Å²) in [5.41, 5.74) is 1.83. The number of halogens is 1. The second-order valence-corrected chi connectivity index (χ2v) is 4.53. The molecule has 0 spiro atoms. The molecule has 0 atom stereocenters. The molecule has 1 saturated heterocycles. The summed E-state index contributed by atoms with van der Waals surface area (Å²) >= 11 is 2.16. The van der Waals surface area contributed by atoms with Gasteiger partial charge in [0.25, 0.3) is 0 Å². The van der Waals surface area contributed by atoms with Crippen LogP contribution in [0.1, 0.15) is 0 Å². The topological polar surface area (TPSA) is 58.2 Å². The van der Waals surface area contributed by atoms with Crippen LogP contribution < -0.4 is 4.90 Å². The number of rotatable bonds is 1. The minimum absolute atomic E-state index is 0.280. The van der Waals surface area contributed by atoms with Crippen LogP contribution in [0.15, 0.2) is 18.2 Å². The van der Waals surface area contributed by atoms with Crippen molar-refractivity contribution >= 4 is 45.3 Å². The molecule has 0 bridgehead atoms. The number of carbonyl (C=O) groups is 1. The average Bonchev–Trinajstić information content (AvgIpc) is 2.86. The van der Waals surface area contributed by atoms with Crippen molar-refractivity contribution in [3.05, 3.63) is 21.9 Å². The summed E-state index contributed by atoms with van der Waals surface area (Å²) < 4.78 is 5.81. The maximum atomic E-state index is 11.4. The van der Waals surface area contributed by atoms with Crippen LogP contribution >= 0.6 is 22.6 Å². The van der Waals surface area contributed by atoms with Crippen molar-refractivity contribution in [2.75, 3.05) is 18.1 Å². The van der Waals surface area contributed by atoms with E-state index in [1.54, 1.807) is 4.90 Å². The number of fused-ring (bicyclic) bond motifs is 1. The van der Waals surface area contributed by atoms with Crippen LogP contribution in [0.2, 0.25) is 0 Å². The first kappa shape index (κ1) is 9.88. The van der Waals surface area contributed by atoms with Gasteiger partial charge in [-0.25, -0.2) is 4.79 Å². The van der Waals surface area contributed by atoms with Gasteiger partial charge < -0.3 is 4.74 Å².